The largest absolute Gasteiger partial charge is 0.464 e. The second kappa shape index (κ2) is 6.78. The van der Waals surface area contributed by atoms with Crippen molar-refractivity contribution < 1.29 is 22.7 Å². The lowest BCUT2D eigenvalue weighted by molar-refractivity contribution is -0.137. The second-order valence-corrected chi connectivity index (χ2v) is 5.88. The number of nitrogens with zero attached hydrogens (tertiary/aromatic N) is 3. The van der Waals surface area contributed by atoms with Gasteiger partial charge in [0.05, 0.1) is 18.7 Å². The number of carbonyl (C=O) groups excluding carboxylic acids is 1. The van der Waals surface area contributed by atoms with Crippen LogP contribution < -0.4 is 11.1 Å². The predicted octanol–water partition coefficient (Wildman–Crippen LogP) is 3.29. The zero-order chi connectivity index (χ0) is 19.8. The highest BCUT2D eigenvalue weighted by Crippen LogP contribution is 2.33. The number of imidazole rings is 1. The molecule has 0 radical (unpaired) electrons. The lowest BCUT2D eigenvalue weighted by atomic mass is 10.0. The number of hydrogen-bond acceptors (Lipinski definition) is 6. The summed E-state index contributed by atoms with van der Waals surface area (Å²) in [6.45, 7) is 1.67. The van der Waals surface area contributed by atoms with Crippen LogP contribution in [0.2, 0.25) is 0 Å². The Morgan fingerprint density at radius 3 is 2.74 bits per heavy atom. The number of hydrogen-bond donors (Lipinski definition) is 2. The smallest absolute Gasteiger partial charge is 0.416 e. The van der Waals surface area contributed by atoms with Crippen molar-refractivity contribution in [2.75, 3.05) is 18.2 Å². The number of aromatic nitrogens is 3. The van der Waals surface area contributed by atoms with E-state index in [-0.39, 0.29) is 11.4 Å². The maximum Gasteiger partial charge on any atom is 0.416 e. The van der Waals surface area contributed by atoms with Gasteiger partial charge in [-0.1, -0.05) is 0 Å². The Kier molecular flexibility index (Phi) is 4.64. The average molecular weight is 379 g/mol. The monoisotopic (exact) mass is 379 g/mol. The molecule has 1 atom stereocenters. The number of anilines is 2. The molecule has 0 aliphatic rings. The van der Waals surface area contributed by atoms with Gasteiger partial charge in [0.15, 0.2) is 17.2 Å². The standard InChI is InChI=1S/C17H16F3N5O2/c1-9(10-5-11(17(18,19)20)7-12(21)6-10)23-14-15-24-13(16(26)27-2)8-25(15)4-3-22-14/h3-9H,21H2,1-2H3,(H,22,23)/t9-/m1/s1. The molecule has 0 saturated heterocycles. The number of rotatable bonds is 4. The normalized spacial score (nSPS) is 12.8. The number of nitrogens with one attached hydrogen (secondary N) is 1. The minimum Gasteiger partial charge on any atom is -0.464 e. The molecule has 3 N–H and O–H groups in total. The van der Waals surface area contributed by atoms with E-state index in [1.165, 1.54) is 25.6 Å². The number of fused-ring (bicyclic) bond motifs is 1. The molecular formula is C17H16F3N5O2. The average Bonchev–Trinajstić information content (AvgIpc) is 3.05. The van der Waals surface area contributed by atoms with Crippen molar-refractivity contribution >= 4 is 23.1 Å². The molecule has 27 heavy (non-hydrogen) atoms. The fourth-order valence-corrected chi connectivity index (χ4v) is 2.60. The number of benzene rings is 1. The van der Waals surface area contributed by atoms with Gasteiger partial charge in [-0.2, -0.15) is 13.2 Å². The zero-order valence-electron chi connectivity index (χ0n) is 14.4. The highest BCUT2D eigenvalue weighted by Gasteiger charge is 2.31. The number of nitrogen functional groups attached to an aromatic ring is 1. The number of halogens is 3. The van der Waals surface area contributed by atoms with Crippen molar-refractivity contribution in [3.8, 4) is 0 Å². The summed E-state index contributed by atoms with van der Waals surface area (Å²) in [6.07, 6.45) is 0.0414. The van der Waals surface area contributed by atoms with Crippen LogP contribution in [-0.4, -0.2) is 27.4 Å². The molecule has 0 saturated carbocycles. The SMILES string of the molecule is COC(=O)c1cn2ccnc(N[C@H](C)c3cc(N)cc(C(F)(F)F)c3)c2n1. The summed E-state index contributed by atoms with van der Waals surface area (Å²) >= 11 is 0. The van der Waals surface area contributed by atoms with Crippen molar-refractivity contribution in [1.82, 2.24) is 14.4 Å². The second-order valence-electron chi connectivity index (χ2n) is 5.88. The number of alkyl halides is 3. The van der Waals surface area contributed by atoms with Gasteiger partial charge in [-0.15, -0.1) is 0 Å². The lowest BCUT2D eigenvalue weighted by Crippen LogP contribution is -2.12. The van der Waals surface area contributed by atoms with Crippen LogP contribution in [0.25, 0.3) is 5.65 Å². The Morgan fingerprint density at radius 2 is 2.07 bits per heavy atom. The number of carbonyl (C=O) groups is 1. The van der Waals surface area contributed by atoms with Gasteiger partial charge in [0.2, 0.25) is 0 Å². The summed E-state index contributed by atoms with van der Waals surface area (Å²) in [5.41, 5.74) is 5.56. The van der Waals surface area contributed by atoms with E-state index in [1.807, 2.05) is 0 Å². The topological polar surface area (TPSA) is 94.5 Å². The Labute approximate surface area is 152 Å². The molecular weight excluding hydrogens is 363 g/mol. The first-order valence-electron chi connectivity index (χ1n) is 7.85. The number of esters is 1. The Hall–Kier alpha value is -3.30. The highest BCUT2D eigenvalue weighted by molar-refractivity contribution is 5.88. The quantitative estimate of drug-likeness (QED) is 0.534. The molecule has 3 rings (SSSR count). The Morgan fingerprint density at radius 1 is 1.33 bits per heavy atom. The molecule has 0 spiro atoms. The number of ether oxygens (including phenoxy) is 1. The Balaban J connectivity index is 1.95. The third-order valence-corrected chi connectivity index (χ3v) is 3.93. The van der Waals surface area contributed by atoms with Crippen LogP contribution in [0.3, 0.4) is 0 Å². The van der Waals surface area contributed by atoms with E-state index in [9.17, 15) is 18.0 Å². The maximum atomic E-state index is 13.0. The summed E-state index contributed by atoms with van der Waals surface area (Å²) in [5.74, 6) is -0.306. The van der Waals surface area contributed by atoms with E-state index >= 15 is 0 Å². The molecule has 7 nitrogen and oxygen atoms in total. The first-order chi connectivity index (χ1) is 12.7. The van der Waals surface area contributed by atoms with Crippen LogP contribution in [0.4, 0.5) is 24.7 Å². The van der Waals surface area contributed by atoms with Crippen molar-refractivity contribution in [3.05, 3.63) is 53.6 Å². The van der Waals surface area contributed by atoms with Gasteiger partial charge >= 0.3 is 12.1 Å². The first kappa shape index (κ1) is 18.5. The maximum absolute atomic E-state index is 13.0. The highest BCUT2D eigenvalue weighted by atomic mass is 19.4. The van der Waals surface area contributed by atoms with E-state index in [1.54, 1.807) is 17.5 Å². The van der Waals surface area contributed by atoms with Crippen LogP contribution in [0.15, 0.2) is 36.8 Å². The van der Waals surface area contributed by atoms with Crippen LogP contribution >= 0.6 is 0 Å². The molecule has 2 aromatic heterocycles. The van der Waals surface area contributed by atoms with Crippen LogP contribution in [0.1, 0.15) is 34.6 Å². The zero-order valence-corrected chi connectivity index (χ0v) is 14.4. The van der Waals surface area contributed by atoms with Crippen LogP contribution in [-0.2, 0) is 10.9 Å². The number of nitrogens with two attached hydrogens (primary N) is 1. The van der Waals surface area contributed by atoms with Gasteiger partial charge in [-0.25, -0.2) is 14.8 Å². The van der Waals surface area contributed by atoms with E-state index in [2.05, 4.69) is 20.0 Å². The summed E-state index contributed by atoms with van der Waals surface area (Å²) in [4.78, 5) is 20.0. The summed E-state index contributed by atoms with van der Waals surface area (Å²) in [6, 6.07) is 2.82. The molecule has 142 valence electrons. The van der Waals surface area contributed by atoms with E-state index in [0.29, 0.717) is 17.0 Å². The first-order valence-corrected chi connectivity index (χ1v) is 7.85. The Bertz CT molecular complexity index is 1000. The van der Waals surface area contributed by atoms with E-state index < -0.39 is 23.8 Å². The minimum absolute atomic E-state index is 0.00781. The van der Waals surface area contributed by atoms with Gasteiger partial charge in [-0.05, 0) is 30.7 Å². The van der Waals surface area contributed by atoms with Crippen LogP contribution in [0, 0.1) is 0 Å². The molecule has 3 aromatic rings. The fourth-order valence-electron chi connectivity index (χ4n) is 2.60. The third kappa shape index (κ3) is 3.78. The molecule has 0 bridgehead atoms. The van der Waals surface area contributed by atoms with Gasteiger partial charge in [0.25, 0.3) is 0 Å². The van der Waals surface area contributed by atoms with Gasteiger partial charge in [-0.3, -0.25) is 0 Å². The lowest BCUT2D eigenvalue weighted by Gasteiger charge is -2.18. The van der Waals surface area contributed by atoms with Gasteiger partial charge in [0.1, 0.15) is 0 Å². The molecule has 10 heteroatoms. The molecule has 2 heterocycles. The van der Waals surface area contributed by atoms with Crippen molar-refractivity contribution in [1.29, 1.82) is 0 Å². The summed E-state index contributed by atoms with van der Waals surface area (Å²) < 4.78 is 45.2. The summed E-state index contributed by atoms with van der Waals surface area (Å²) in [7, 11) is 1.24. The minimum atomic E-state index is -4.50. The van der Waals surface area contributed by atoms with Crippen LogP contribution in [0.5, 0.6) is 0 Å². The van der Waals surface area contributed by atoms with E-state index in [4.69, 9.17) is 5.73 Å². The molecule has 0 aliphatic carbocycles. The van der Waals surface area contributed by atoms with Crippen molar-refractivity contribution in [2.24, 2.45) is 0 Å². The van der Waals surface area contributed by atoms with Gasteiger partial charge in [0, 0.05) is 24.3 Å². The predicted molar refractivity (Wildman–Crippen MR) is 92.2 cm³/mol. The van der Waals surface area contributed by atoms with Crippen molar-refractivity contribution in [2.45, 2.75) is 19.1 Å². The fraction of sp³-hybridized carbons (Fsp3) is 0.235. The van der Waals surface area contributed by atoms with E-state index in [0.717, 1.165) is 12.1 Å². The number of methoxy groups -OCH3 is 1. The third-order valence-electron chi connectivity index (χ3n) is 3.93. The molecule has 0 amide bonds. The van der Waals surface area contributed by atoms with Gasteiger partial charge < -0.3 is 20.2 Å². The molecule has 0 fully saturated rings. The molecule has 0 unspecified atom stereocenters. The van der Waals surface area contributed by atoms with Crippen molar-refractivity contribution in [3.63, 3.8) is 0 Å². The summed E-state index contributed by atoms with van der Waals surface area (Å²) in [5, 5.41) is 3.01. The molecule has 0 aliphatic heterocycles. The molecule has 1 aromatic carbocycles.